The third kappa shape index (κ3) is 3.13. The Morgan fingerprint density at radius 1 is 1.21 bits per heavy atom. The van der Waals surface area contributed by atoms with Crippen molar-refractivity contribution in [1.29, 1.82) is 0 Å². The highest BCUT2D eigenvalue weighted by Crippen LogP contribution is 2.21. The van der Waals surface area contributed by atoms with Crippen LogP contribution in [0.15, 0.2) is 36.5 Å². The number of amides is 1. The predicted octanol–water partition coefficient (Wildman–Crippen LogP) is 3.73. The van der Waals surface area contributed by atoms with Crippen molar-refractivity contribution in [2.45, 2.75) is 33.1 Å². The maximum atomic E-state index is 13.6. The Kier molecular flexibility index (Phi) is 3.83. The van der Waals surface area contributed by atoms with Gasteiger partial charge >= 0.3 is 0 Å². The van der Waals surface area contributed by atoms with Gasteiger partial charge in [-0.3, -0.25) is 4.79 Å². The Morgan fingerprint density at radius 2 is 1.96 bits per heavy atom. The predicted molar refractivity (Wildman–Crippen MR) is 90.8 cm³/mol. The van der Waals surface area contributed by atoms with Crippen LogP contribution in [0.3, 0.4) is 0 Å². The summed E-state index contributed by atoms with van der Waals surface area (Å²) in [7, 11) is 0. The van der Waals surface area contributed by atoms with E-state index in [1.807, 2.05) is 6.20 Å². The number of carbonyl (C=O) groups is 1. The van der Waals surface area contributed by atoms with Gasteiger partial charge in [-0.1, -0.05) is 26.8 Å². The van der Waals surface area contributed by atoms with Crippen LogP contribution in [-0.4, -0.2) is 20.5 Å². The molecule has 24 heavy (non-hydrogen) atoms. The molecule has 0 aliphatic heterocycles. The molecule has 0 aliphatic rings. The van der Waals surface area contributed by atoms with E-state index < -0.39 is 5.91 Å². The molecule has 6 heteroatoms. The molecule has 0 atom stereocenters. The van der Waals surface area contributed by atoms with Gasteiger partial charge in [0.25, 0.3) is 5.91 Å². The number of aryl methyl sites for hydroxylation is 1. The molecule has 0 saturated carbocycles. The van der Waals surface area contributed by atoms with Crippen LogP contribution < -0.4 is 5.32 Å². The van der Waals surface area contributed by atoms with Crippen LogP contribution in [0.2, 0.25) is 0 Å². The number of anilines is 1. The van der Waals surface area contributed by atoms with E-state index in [4.69, 9.17) is 0 Å². The number of hydrogen-bond acceptors (Lipinski definition) is 3. The Hall–Kier alpha value is -2.76. The van der Waals surface area contributed by atoms with E-state index >= 15 is 0 Å². The lowest BCUT2D eigenvalue weighted by Gasteiger charge is -2.13. The largest absolute Gasteiger partial charge is 0.320 e. The maximum absolute atomic E-state index is 13.6. The van der Waals surface area contributed by atoms with Gasteiger partial charge in [-0.05, 0) is 36.8 Å². The molecule has 2 heterocycles. The molecule has 1 aromatic carbocycles. The second-order valence-electron chi connectivity index (χ2n) is 6.82. The minimum atomic E-state index is -0.397. The van der Waals surface area contributed by atoms with Crippen molar-refractivity contribution in [3.63, 3.8) is 0 Å². The Balaban J connectivity index is 1.88. The van der Waals surface area contributed by atoms with Gasteiger partial charge in [0.05, 0.1) is 11.9 Å². The quantitative estimate of drug-likeness (QED) is 0.780. The highest BCUT2D eigenvalue weighted by atomic mass is 19.1. The van der Waals surface area contributed by atoms with Crippen molar-refractivity contribution in [2.24, 2.45) is 0 Å². The second kappa shape index (κ2) is 5.70. The first-order chi connectivity index (χ1) is 11.2. The molecule has 1 N–H and O–H groups in total. The van der Waals surface area contributed by atoms with Crippen molar-refractivity contribution in [3.05, 3.63) is 59.3 Å². The van der Waals surface area contributed by atoms with E-state index in [-0.39, 0.29) is 16.9 Å². The topological polar surface area (TPSA) is 59.3 Å². The number of aromatic nitrogens is 3. The molecule has 0 spiro atoms. The number of nitrogens with zero attached hydrogens (tertiary/aromatic N) is 3. The zero-order valence-corrected chi connectivity index (χ0v) is 14.1. The third-order valence-electron chi connectivity index (χ3n) is 3.75. The van der Waals surface area contributed by atoms with Gasteiger partial charge in [-0.25, -0.2) is 13.9 Å². The highest BCUT2D eigenvalue weighted by Gasteiger charge is 2.18. The molecule has 0 unspecified atom stereocenters. The molecule has 0 radical (unpaired) electrons. The molecule has 2 aromatic heterocycles. The lowest BCUT2D eigenvalue weighted by atomic mass is 9.93. The van der Waals surface area contributed by atoms with Crippen molar-refractivity contribution in [1.82, 2.24) is 14.6 Å². The second-order valence-corrected chi connectivity index (χ2v) is 6.82. The molecular weight excluding hydrogens is 307 g/mol. The molecule has 5 nitrogen and oxygen atoms in total. The number of rotatable bonds is 2. The summed E-state index contributed by atoms with van der Waals surface area (Å²) in [5, 5.41) is 6.95. The van der Waals surface area contributed by atoms with Gasteiger partial charge in [0.2, 0.25) is 0 Å². The lowest BCUT2D eigenvalue weighted by molar-refractivity contribution is 0.102. The molecule has 3 rings (SSSR count). The molecule has 0 aliphatic carbocycles. The van der Waals surface area contributed by atoms with Crippen LogP contribution in [0.1, 0.15) is 42.5 Å². The summed E-state index contributed by atoms with van der Waals surface area (Å²) in [5.74, 6) is -0.758. The molecule has 124 valence electrons. The third-order valence-corrected chi connectivity index (χ3v) is 3.75. The summed E-state index contributed by atoms with van der Waals surface area (Å²) in [4.78, 5) is 16.8. The summed E-state index contributed by atoms with van der Waals surface area (Å²) in [6, 6.07) is 7.92. The monoisotopic (exact) mass is 326 g/mol. The van der Waals surface area contributed by atoms with Crippen LogP contribution in [0.5, 0.6) is 0 Å². The number of carbonyl (C=O) groups excluding carboxylic acids is 1. The number of nitrogens with one attached hydrogen (secondary N) is 1. The van der Waals surface area contributed by atoms with E-state index in [0.717, 1.165) is 5.69 Å². The average molecular weight is 326 g/mol. The van der Waals surface area contributed by atoms with E-state index in [0.29, 0.717) is 16.9 Å². The van der Waals surface area contributed by atoms with Crippen LogP contribution in [0.25, 0.3) is 5.65 Å². The molecule has 3 aromatic rings. The first-order valence-electron chi connectivity index (χ1n) is 7.68. The van der Waals surface area contributed by atoms with Gasteiger partial charge in [0.1, 0.15) is 11.5 Å². The summed E-state index contributed by atoms with van der Waals surface area (Å²) < 4.78 is 15.2. The number of fused-ring (bicyclic) bond motifs is 1. The van der Waals surface area contributed by atoms with Gasteiger partial charge in [0, 0.05) is 11.1 Å². The molecular formula is C18H19FN4O. The average Bonchev–Trinajstić information content (AvgIpc) is 2.94. The van der Waals surface area contributed by atoms with Crippen molar-refractivity contribution in [2.75, 3.05) is 5.32 Å². The fourth-order valence-corrected chi connectivity index (χ4v) is 2.23. The number of hydrogen-bond donors (Lipinski definition) is 1. The minimum absolute atomic E-state index is 0.102. The van der Waals surface area contributed by atoms with E-state index in [1.165, 1.54) is 6.07 Å². The Labute approximate surface area is 139 Å². The van der Waals surface area contributed by atoms with E-state index in [2.05, 4.69) is 36.2 Å². The zero-order valence-electron chi connectivity index (χ0n) is 14.1. The number of halogens is 1. The smallest absolute Gasteiger partial charge is 0.276 e. The van der Waals surface area contributed by atoms with E-state index in [1.54, 1.807) is 35.7 Å². The first-order valence-corrected chi connectivity index (χ1v) is 7.68. The van der Waals surface area contributed by atoms with Crippen LogP contribution in [0.4, 0.5) is 10.1 Å². The molecule has 0 saturated heterocycles. The highest BCUT2D eigenvalue weighted by molar-refractivity contribution is 6.02. The molecule has 0 bridgehead atoms. The lowest BCUT2D eigenvalue weighted by Crippen LogP contribution is -2.15. The van der Waals surface area contributed by atoms with Gasteiger partial charge in [-0.2, -0.15) is 5.10 Å². The standard InChI is InChI=1S/C18H19FN4O/c1-11-5-6-12(9-13(11)19)20-17(24)14-7-8-16-21-15(18(2,3)4)10-23(16)22-14/h5-10H,1-4H3,(H,20,24). The Morgan fingerprint density at radius 3 is 2.62 bits per heavy atom. The summed E-state index contributed by atoms with van der Waals surface area (Å²) in [5.41, 5.74) is 2.63. The normalized spacial score (nSPS) is 11.7. The Bertz CT molecular complexity index is 924. The molecule has 0 fully saturated rings. The SMILES string of the molecule is Cc1ccc(NC(=O)c2ccc3nc(C(C)(C)C)cn3n2)cc1F. The summed E-state index contributed by atoms with van der Waals surface area (Å²) in [6.45, 7) is 7.86. The fraction of sp³-hybridized carbons (Fsp3) is 0.278. The van der Waals surface area contributed by atoms with Gasteiger partial charge in [-0.15, -0.1) is 0 Å². The zero-order chi connectivity index (χ0) is 17.5. The van der Waals surface area contributed by atoms with Gasteiger partial charge < -0.3 is 5.32 Å². The van der Waals surface area contributed by atoms with Crippen LogP contribution in [0, 0.1) is 12.7 Å². The maximum Gasteiger partial charge on any atom is 0.276 e. The summed E-state index contributed by atoms with van der Waals surface area (Å²) >= 11 is 0. The summed E-state index contributed by atoms with van der Waals surface area (Å²) in [6.07, 6.45) is 1.82. The number of benzene rings is 1. The van der Waals surface area contributed by atoms with Gasteiger partial charge in [0.15, 0.2) is 5.65 Å². The molecule has 1 amide bonds. The first kappa shape index (κ1) is 16.1. The van der Waals surface area contributed by atoms with Crippen molar-refractivity contribution in [3.8, 4) is 0 Å². The van der Waals surface area contributed by atoms with Crippen molar-refractivity contribution >= 4 is 17.2 Å². The van der Waals surface area contributed by atoms with Crippen LogP contribution in [-0.2, 0) is 5.41 Å². The fourth-order valence-electron chi connectivity index (χ4n) is 2.23. The minimum Gasteiger partial charge on any atom is -0.320 e. The van der Waals surface area contributed by atoms with Crippen molar-refractivity contribution < 1.29 is 9.18 Å². The van der Waals surface area contributed by atoms with E-state index in [9.17, 15) is 9.18 Å². The number of imidazole rings is 1. The van der Waals surface area contributed by atoms with Crippen LogP contribution >= 0.6 is 0 Å².